The second-order valence-electron chi connectivity index (χ2n) is 0.204. The molecule has 4 heavy (non-hydrogen) atoms. The molecule has 0 fully saturated rings. The third-order valence-corrected chi connectivity index (χ3v) is 0. The van der Waals surface area contributed by atoms with Gasteiger partial charge in [-0.1, -0.05) is 0 Å². The predicted molar refractivity (Wildman–Crippen MR) is 11.4 cm³/mol. The fourth-order valence-corrected chi connectivity index (χ4v) is 0. The maximum Gasteiger partial charge on any atom is 0 e. The van der Waals surface area contributed by atoms with Crippen LogP contribution in [-0.4, -0.2) is 6.29 Å². The summed E-state index contributed by atoms with van der Waals surface area (Å²) in [6, 6.07) is 0. The van der Waals surface area contributed by atoms with Crippen LogP contribution in [0.3, 0.4) is 0 Å². The quantitative estimate of drug-likeness (QED) is 0.390. The molecule has 0 aromatic rings. The Morgan fingerprint density at radius 3 is 1.75 bits per heavy atom. The van der Waals surface area contributed by atoms with Crippen molar-refractivity contribution in [3.63, 3.8) is 0 Å². The maximum atomic E-state index is 8.68. The van der Waals surface area contributed by atoms with Gasteiger partial charge in [-0.15, -0.1) is 0 Å². The fourth-order valence-electron chi connectivity index (χ4n) is 0. The van der Waals surface area contributed by atoms with Gasteiger partial charge in [0.1, 0.15) is 0 Å². The largest absolute Gasteiger partial charge is 0.542 e. The summed E-state index contributed by atoms with van der Waals surface area (Å²) in [6.07, 6.45) is 1.50. The van der Waals surface area contributed by atoms with Crippen LogP contribution in [0.4, 0.5) is 0 Å². The van der Waals surface area contributed by atoms with Gasteiger partial charge in [0.05, 0.1) is 0 Å². The van der Waals surface area contributed by atoms with Crippen molar-refractivity contribution in [3.05, 3.63) is 0 Å². The Bertz CT molecular complexity index is 13.5. The van der Waals surface area contributed by atoms with Crippen molar-refractivity contribution in [1.29, 1.82) is 0 Å². The van der Waals surface area contributed by atoms with Crippen molar-refractivity contribution >= 4 is 6.29 Å². The van der Waals surface area contributed by atoms with E-state index in [-0.39, 0.29) is 17.4 Å². The molecule has 0 radical (unpaired) electrons. The Kier molecular flexibility index (Phi) is 23.9. The van der Waals surface area contributed by atoms with Gasteiger partial charge in [0, 0.05) is 17.4 Å². The summed E-state index contributed by atoms with van der Waals surface area (Å²) in [5, 5.41) is 0. The van der Waals surface area contributed by atoms with Gasteiger partial charge in [-0.2, -0.15) is 6.92 Å². The first-order valence-electron chi connectivity index (χ1n) is 0.704. The molecule has 0 aromatic heterocycles. The first-order valence-corrected chi connectivity index (χ1v) is 0.704. The van der Waals surface area contributed by atoms with E-state index in [1.807, 2.05) is 0 Å². The van der Waals surface area contributed by atoms with E-state index in [9.17, 15) is 0 Å². The van der Waals surface area contributed by atoms with Crippen LogP contribution in [0.5, 0.6) is 0 Å². The summed E-state index contributed by atoms with van der Waals surface area (Å²) in [6.45, 7) is 1.32. The van der Waals surface area contributed by atoms with Gasteiger partial charge in [0.25, 0.3) is 0 Å². The Labute approximate surface area is 36.1 Å². The summed E-state index contributed by atoms with van der Waals surface area (Å²) in [4.78, 5) is 8.68. The van der Waals surface area contributed by atoms with Gasteiger partial charge >= 0.3 is 0 Å². The van der Waals surface area contributed by atoms with Gasteiger partial charge < -0.3 is 4.79 Å². The molecular weight excluding hydrogens is 92.0 g/mol. The maximum absolute atomic E-state index is 8.68. The first-order chi connectivity index (χ1) is 1.41. The molecule has 0 bridgehead atoms. The Morgan fingerprint density at radius 1 is 1.75 bits per heavy atom. The van der Waals surface area contributed by atoms with E-state index in [1.165, 1.54) is 13.2 Å². The van der Waals surface area contributed by atoms with Crippen LogP contribution in [0.2, 0.25) is 0 Å². The molecule has 2 heteroatoms. The molecule has 1 nitrogen and oxygen atoms in total. The van der Waals surface area contributed by atoms with Crippen LogP contribution in [0.25, 0.3) is 0 Å². The summed E-state index contributed by atoms with van der Waals surface area (Å²) >= 11 is 0. The molecular formula is C2H3CrO-. The van der Waals surface area contributed by atoms with E-state index in [1.54, 1.807) is 0 Å². The van der Waals surface area contributed by atoms with Crippen LogP contribution >= 0.6 is 0 Å². The average Bonchev–Trinajstić information content (AvgIpc) is 0.918. The third-order valence-electron chi connectivity index (χ3n) is 0. The first kappa shape index (κ1) is 8.88. The molecule has 0 aliphatic carbocycles. The molecule has 0 aliphatic rings. The SMILES string of the molecule is C[C-]=O.[Cr]. The third kappa shape index (κ3) is 77.7. The molecule has 0 aliphatic heterocycles. The number of hydrogen-bond acceptors (Lipinski definition) is 1. The van der Waals surface area contributed by atoms with Gasteiger partial charge in [-0.25, -0.2) is 0 Å². The van der Waals surface area contributed by atoms with E-state index >= 15 is 0 Å². The fraction of sp³-hybridized carbons (Fsp3) is 0.500. The second kappa shape index (κ2) is 10.7. The number of hydrogen-bond donors (Lipinski definition) is 0. The minimum Gasteiger partial charge on any atom is -0.542 e. The van der Waals surface area contributed by atoms with Crippen molar-refractivity contribution in [1.82, 2.24) is 0 Å². The smallest absolute Gasteiger partial charge is 0 e. The monoisotopic (exact) mass is 95.0 g/mol. The van der Waals surface area contributed by atoms with Crippen molar-refractivity contribution in [2.24, 2.45) is 0 Å². The zero-order valence-electron chi connectivity index (χ0n) is 2.32. The van der Waals surface area contributed by atoms with Gasteiger partial charge in [0.2, 0.25) is 0 Å². The molecule has 0 spiro atoms. The van der Waals surface area contributed by atoms with E-state index < -0.39 is 0 Å². The second-order valence-corrected chi connectivity index (χ2v) is 0.204. The Morgan fingerprint density at radius 2 is 1.75 bits per heavy atom. The van der Waals surface area contributed by atoms with Crippen molar-refractivity contribution in [2.45, 2.75) is 6.92 Å². The van der Waals surface area contributed by atoms with Crippen molar-refractivity contribution in [3.8, 4) is 0 Å². The molecule has 0 aromatic carbocycles. The van der Waals surface area contributed by atoms with Crippen molar-refractivity contribution in [2.75, 3.05) is 0 Å². The predicted octanol–water partition coefficient (Wildman–Crippen LogP) is 0.113. The molecule has 0 unspecified atom stereocenters. The van der Waals surface area contributed by atoms with Gasteiger partial charge in [0.15, 0.2) is 0 Å². The summed E-state index contributed by atoms with van der Waals surface area (Å²) in [5.41, 5.74) is 0. The van der Waals surface area contributed by atoms with Crippen LogP contribution in [0.1, 0.15) is 6.92 Å². The summed E-state index contributed by atoms with van der Waals surface area (Å²) in [7, 11) is 0. The summed E-state index contributed by atoms with van der Waals surface area (Å²) in [5.74, 6) is 0. The van der Waals surface area contributed by atoms with Crippen molar-refractivity contribution < 1.29 is 22.2 Å². The van der Waals surface area contributed by atoms with Gasteiger partial charge in [-0.3, -0.25) is 6.29 Å². The molecule has 0 amide bonds. The molecule has 0 N–H and O–H groups in total. The zero-order valence-corrected chi connectivity index (χ0v) is 3.59. The number of rotatable bonds is 0. The molecule has 24 valence electrons. The number of carbonyl (C=O) groups excluding carboxylic acids is 1. The van der Waals surface area contributed by atoms with E-state index in [4.69, 9.17) is 4.79 Å². The summed E-state index contributed by atoms with van der Waals surface area (Å²) < 4.78 is 0. The minimum absolute atomic E-state index is 0. The van der Waals surface area contributed by atoms with E-state index in [0.717, 1.165) is 0 Å². The minimum atomic E-state index is 0. The van der Waals surface area contributed by atoms with Crippen LogP contribution in [0.15, 0.2) is 0 Å². The molecule has 0 atom stereocenters. The molecule has 0 heterocycles. The van der Waals surface area contributed by atoms with Crippen LogP contribution in [0, 0.1) is 0 Å². The zero-order chi connectivity index (χ0) is 2.71. The normalized spacial score (nSPS) is 3.25. The Balaban J connectivity index is 0. The molecule has 0 saturated carbocycles. The average molecular weight is 95.0 g/mol. The molecule has 0 saturated heterocycles. The topological polar surface area (TPSA) is 17.1 Å². The van der Waals surface area contributed by atoms with Crippen LogP contribution in [-0.2, 0) is 22.2 Å². The van der Waals surface area contributed by atoms with E-state index in [2.05, 4.69) is 0 Å². The van der Waals surface area contributed by atoms with E-state index in [0.29, 0.717) is 0 Å². The Hall–Kier alpha value is 0.202. The standard InChI is InChI=1S/C2H3O.Cr/c1-2-3;/h1H3;/q-1;. The van der Waals surface area contributed by atoms with Gasteiger partial charge in [-0.05, 0) is 0 Å². The molecule has 0 rings (SSSR count). The van der Waals surface area contributed by atoms with Crippen LogP contribution < -0.4 is 0 Å².